The fourth-order valence-electron chi connectivity index (χ4n) is 2.65. The molecule has 0 amide bonds. The number of aromatic carboxylic acids is 1. The van der Waals surface area contributed by atoms with Gasteiger partial charge in [-0.3, -0.25) is 0 Å². The first-order chi connectivity index (χ1) is 8.68. The molecule has 1 aromatic carbocycles. The zero-order valence-electron chi connectivity index (χ0n) is 9.74. The van der Waals surface area contributed by atoms with Crippen LogP contribution in [0.4, 0.5) is 4.39 Å². The monoisotopic (exact) mass is 245 g/mol. The lowest BCUT2D eigenvalue weighted by atomic mass is 9.90. The van der Waals surface area contributed by atoms with Gasteiger partial charge in [0.2, 0.25) is 0 Å². The second-order valence-electron chi connectivity index (χ2n) is 4.56. The lowest BCUT2D eigenvalue weighted by Gasteiger charge is -2.18. The highest BCUT2D eigenvalue weighted by atomic mass is 19.1. The number of nitrogens with zero attached hydrogens (tertiary/aromatic N) is 1. The molecule has 0 spiro atoms. The van der Waals surface area contributed by atoms with Crippen molar-refractivity contribution < 1.29 is 14.3 Å². The number of hydrogen-bond donors (Lipinski definition) is 1. The van der Waals surface area contributed by atoms with Gasteiger partial charge < -0.3 is 5.11 Å². The van der Waals surface area contributed by atoms with Crippen molar-refractivity contribution in [3.63, 3.8) is 0 Å². The molecule has 0 saturated carbocycles. The second kappa shape index (κ2) is 4.05. The summed E-state index contributed by atoms with van der Waals surface area (Å²) in [7, 11) is 0. The topological polar surface area (TPSA) is 50.2 Å². The Morgan fingerprint density at radius 2 is 2.06 bits per heavy atom. The summed E-state index contributed by atoms with van der Waals surface area (Å²) >= 11 is 0. The molecule has 1 aliphatic carbocycles. The maximum Gasteiger partial charge on any atom is 0.336 e. The predicted octanol–water partition coefficient (Wildman–Crippen LogP) is 2.95. The molecule has 1 aromatic heterocycles. The third-order valence-electron chi connectivity index (χ3n) is 3.46. The quantitative estimate of drug-likeness (QED) is 0.840. The minimum atomic E-state index is -0.994. The van der Waals surface area contributed by atoms with Crippen LogP contribution in [0, 0.1) is 5.82 Å². The lowest BCUT2D eigenvalue weighted by molar-refractivity contribution is 0.0697. The average Bonchev–Trinajstić information content (AvgIpc) is 2.36. The number of aromatic nitrogens is 1. The number of carboxylic acid groups (broad SMARTS) is 1. The number of halogens is 1. The van der Waals surface area contributed by atoms with Crippen LogP contribution in [0.5, 0.6) is 0 Å². The molecule has 4 heteroatoms. The maximum absolute atomic E-state index is 13.7. The third-order valence-corrected chi connectivity index (χ3v) is 3.46. The Balaban J connectivity index is 2.44. The van der Waals surface area contributed by atoms with Crippen molar-refractivity contribution in [3.8, 4) is 0 Å². The lowest BCUT2D eigenvalue weighted by Crippen LogP contribution is -2.13. The van der Waals surface area contributed by atoms with E-state index in [2.05, 4.69) is 4.98 Å². The van der Waals surface area contributed by atoms with Crippen LogP contribution in [0.3, 0.4) is 0 Å². The number of benzene rings is 1. The molecule has 92 valence electrons. The van der Waals surface area contributed by atoms with Crippen LogP contribution in [0.2, 0.25) is 0 Å². The highest BCUT2D eigenvalue weighted by Crippen LogP contribution is 2.30. The Labute approximate surface area is 103 Å². The molecule has 1 aliphatic rings. The van der Waals surface area contributed by atoms with Gasteiger partial charge in [-0.25, -0.2) is 14.2 Å². The molecule has 0 bridgehead atoms. The van der Waals surface area contributed by atoms with Gasteiger partial charge >= 0.3 is 5.97 Å². The molecule has 0 fully saturated rings. The second-order valence-corrected chi connectivity index (χ2v) is 4.56. The van der Waals surface area contributed by atoms with Gasteiger partial charge in [0, 0.05) is 11.1 Å². The van der Waals surface area contributed by atoms with Crippen LogP contribution in [0.1, 0.15) is 34.5 Å². The third kappa shape index (κ3) is 1.56. The van der Waals surface area contributed by atoms with Gasteiger partial charge in [-0.05, 0) is 37.3 Å². The molecule has 0 saturated heterocycles. The van der Waals surface area contributed by atoms with Gasteiger partial charge in [0.25, 0.3) is 0 Å². The number of fused-ring (bicyclic) bond motifs is 2. The van der Waals surface area contributed by atoms with Gasteiger partial charge in [-0.1, -0.05) is 12.1 Å². The van der Waals surface area contributed by atoms with Crippen LogP contribution < -0.4 is 0 Å². The van der Waals surface area contributed by atoms with Crippen molar-refractivity contribution in [2.45, 2.75) is 25.7 Å². The van der Waals surface area contributed by atoms with Crippen molar-refractivity contribution in [2.24, 2.45) is 0 Å². The first-order valence-electron chi connectivity index (χ1n) is 6.02. The summed E-state index contributed by atoms with van der Waals surface area (Å²) in [5.74, 6) is -1.45. The van der Waals surface area contributed by atoms with Crippen molar-refractivity contribution >= 4 is 16.9 Å². The summed E-state index contributed by atoms with van der Waals surface area (Å²) in [4.78, 5) is 15.8. The van der Waals surface area contributed by atoms with Crippen LogP contribution in [-0.2, 0) is 12.8 Å². The molecular weight excluding hydrogens is 233 g/mol. The largest absolute Gasteiger partial charge is 0.478 e. The molecule has 0 aliphatic heterocycles. The molecule has 18 heavy (non-hydrogen) atoms. The fourth-order valence-corrected chi connectivity index (χ4v) is 2.65. The van der Waals surface area contributed by atoms with Crippen LogP contribution in [0.15, 0.2) is 18.2 Å². The maximum atomic E-state index is 13.7. The van der Waals surface area contributed by atoms with Gasteiger partial charge in [0.15, 0.2) is 0 Å². The Morgan fingerprint density at radius 3 is 2.83 bits per heavy atom. The average molecular weight is 245 g/mol. The van der Waals surface area contributed by atoms with E-state index in [1.807, 2.05) is 0 Å². The molecule has 1 N–H and O–H groups in total. The van der Waals surface area contributed by atoms with Crippen LogP contribution in [-0.4, -0.2) is 16.1 Å². The fraction of sp³-hybridized carbons (Fsp3) is 0.286. The number of para-hydroxylation sites is 1. The van der Waals surface area contributed by atoms with Crippen molar-refractivity contribution in [1.82, 2.24) is 4.98 Å². The van der Waals surface area contributed by atoms with E-state index in [0.717, 1.165) is 36.9 Å². The van der Waals surface area contributed by atoms with Crippen molar-refractivity contribution in [3.05, 3.63) is 40.8 Å². The van der Waals surface area contributed by atoms with E-state index in [-0.39, 0.29) is 11.1 Å². The molecule has 3 nitrogen and oxygen atoms in total. The minimum absolute atomic E-state index is 0.176. The zero-order chi connectivity index (χ0) is 12.7. The molecule has 0 atom stereocenters. The van der Waals surface area contributed by atoms with E-state index in [9.17, 15) is 14.3 Å². The highest BCUT2D eigenvalue weighted by Gasteiger charge is 2.23. The van der Waals surface area contributed by atoms with Crippen LogP contribution >= 0.6 is 0 Å². The van der Waals surface area contributed by atoms with Gasteiger partial charge in [0.1, 0.15) is 11.3 Å². The molecular formula is C14H12FNO2. The first kappa shape index (κ1) is 11.1. The molecule has 2 aromatic rings. The Bertz CT molecular complexity index is 652. The minimum Gasteiger partial charge on any atom is -0.478 e. The number of carbonyl (C=O) groups is 1. The van der Waals surface area contributed by atoms with Crippen LogP contribution in [0.25, 0.3) is 10.9 Å². The molecule has 0 radical (unpaired) electrons. The number of hydrogen-bond acceptors (Lipinski definition) is 2. The van der Waals surface area contributed by atoms with E-state index >= 15 is 0 Å². The molecule has 0 unspecified atom stereocenters. The summed E-state index contributed by atoms with van der Waals surface area (Å²) in [6, 6.07) is 4.47. The summed E-state index contributed by atoms with van der Waals surface area (Å²) in [5, 5.41) is 9.79. The van der Waals surface area contributed by atoms with Crippen molar-refractivity contribution in [2.75, 3.05) is 0 Å². The van der Waals surface area contributed by atoms with E-state index in [1.54, 1.807) is 6.07 Å². The summed E-state index contributed by atoms with van der Waals surface area (Å²) in [5.41, 5.74) is 1.94. The van der Waals surface area contributed by atoms with Gasteiger partial charge in [0.05, 0.1) is 5.56 Å². The normalized spacial score (nSPS) is 14.5. The Hall–Kier alpha value is -1.97. The van der Waals surface area contributed by atoms with E-state index in [1.165, 1.54) is 12.1 Å². The molecule has 1 heterocycles. The van der Waals surface area contributed by atoms with Crippen molar-refractivity contribution in [1.29, 1.82) is 0 Å². The summed E-state index contributed by atoms with van der Waals surface area (Å²) < 4.78 is 13.7. The molecule has 3 rings (SSSR count). The first-order valence-corrected chi connectivity index (χ1v) is 6.02. The number of pyridine rings is 1. The predicted molar refractivity (Wildman–Crippen MR) is 65.3 cm³/mol. The summed E-state index contributed by atoms with van der Waals surface area (Å²) in [6.07, 6.45) is 3.41. The standard InChI is InChI=1S/C14H12FNO2/c15-10-6-3-5-9-12(14(17)18)8-4-1-2-7-11(8)16-13(9)10/h3,5-6H,1-2,4,7H2,(H,17,18). The number of aryl methyl sites for hydroxylation is 1. The SMILES string of the molecule is O=C(O)c1c2c(nc3c(F)cccc13)CCCC2. The number of carboxylic acids is 1. The van der Waals surface area contributed by atoms with Gasteiger partial charge in [-0.2, -0.15) is 0 Å². The van der Waals surface area contributed by atoms with E-state index in [4.69, 9.17) is 0 Å². The number of rotatable bonds is 1. The highest BCUT2D eigenvalue weighted by molar-refractivity contribution is 6.04. The zero-order valence-corrected chi connectivity index (χ0v) is 9.74. The van der Waals surface area contributed by atoms with Gasteiger partial charge in [-0.15, -0.1) is 0 Å². The Morgan fingerprint density at radius 1 is 1.28 bits per heavy atom. The van der Waals surface area contributed by atoms with E-state index in [0.29, 0.717) is 5.39 Å². The Kier molecular flexibility index (Phi) is 2.51. The smallest absolute Gasteiger partial charge is 0.336 e. The summed E-state index contributed by atoms with van der Waals surface area (Å²) in [6.45, 7) is 0. The van der Waals surface area contributed by atoms with E-state index < -0.39 is 11.8 Å².